The number of carbonyl (C=O) groups is 1. The van der Waals surface area contributed by atoms with E-state index in [2.05, 4.69) is 11.8 Å². The first-order valence-electron chi connectivity index (χ1n) is 6.85. The van der Waals surface area contributed by atoms with Crippen molar-refractivity contribution < 1.29 is 4.79 Å². The molecule has 0 aromatic heterocycles. The molecule has 2 aliphatic rings. The highest BCUT2D eigenvalue weighted by molar-refractivity contribution is 5.74. The largest absolute Gasteiger partial charge is 0.325 e. The topological polar surface area (TPSA) is 23.6 Å². The molecule has 0 atom stereocenters. The highest BCUT2D eigenvalue weighted by atomic mass is 16.2. The van der Waals surface area contributed by atoms with Gasteiger partial charge in [0.25, 0.3) is 0 Å². The van der Waals surface area contributed by atoms with Gasteiger partial charge in [0.1, 0.15) is 0 Å². The summed E-state index contributed by atoms with van der Waals surface area (Å²) in [5, 5.41) is 0. The molecule has 2 amide bonds. The third-order valence-electron chi connectivity index (χ3n) is 3.96. The zero-order valence-corrected chi connectivity index (χ0v) is 10.5. The first-order chi connectivity index (χ1) is 7.81. The van der Waals surface area contributed by atoms with E-state index >= 15 is 0 Å². The number of urea groups is 1. The van der Waals surface area contributed by atoms with Gasteiger partial charge in [-0.05, 0) is 31.6 Å². The lowest BCUT2D eigenvalue weighted by molar-refractivity contribution is 0.138. The summed E-state index contributed by atoms with van der Waals surface area (Å²) in [6.45, 7) is 6.18. The number of likely N-dealkylation sites (tertiary alicyclic amines) is 2. The fraction of sp³-hybridized carbons (Fsp3) is 0.923. The Morgan fingerprint density at radius 2 is 1.62 bits per heavy atom. The molecule has 0 bridgehead atoms. The Labute approximate surface area is 98.8 Å². The van der Waals surface area contributed by atoms with Crippen LogP contribution in [0.2, 0.25) is 0 Å². The minimum absolute atomic E-state index is 0.299. The van der Waals surface area contributed by atoms with Crippen molar-refractivity contribution in [3.05, 3.63) is 0 Å². The molecule has 3 nitrogen and oxygen atoms in total. The van der Waals surface area contributed by atoms with Gasteiger partial charge >= 0.3 is 6.03 Å². The molecule has 0 saturated carbocycles. The minimum Gasteiger partial charge on any atom is -0.325 e. The van der Waals surface area contributed by atoms with Crippen molar-refractivity contribution in [2.24, 2.45) is 5.92 Å². The van der Waals surface area contributed by atoms with Crippen LogP contribution in [-0.4, -0.2) is 42.0 Å². The molecule has 2 heterocycles. The van der Waals surface area contributed by atoms with Crippen molar-refractivity contribution in [2.45, 2.75) is 45.4 Å². The van der Waals surface area contributed by atoms with E-state index in [1.165, 1.54) is 38.5 Å². The lowest BCUT2D eigenvalue weighted by Crippen LogP contribution is -2.45. The number of carbonyl (C=O) groups excluding carboxylic acids is 1. The molecule has 0 spiro atoms. The van der Waals surface area contributed by atoms with E-state index in [9.17, 15) is 4.79 Å². The highest BCUT2D eigenvalue weighted by Gasteiger charge is 2.27. The molecule has 2 saturated heterocycles. The summed E-state index contributed by atoms with van der Waals surface area (Å²) in [6, 6.07) is 0.299. The Balaban J connectivity index is 1.77. The minimum atomic E-state index is 0.299. The standard InChI is InChI=1S/C13H24N2O/c1-2-5-12-6-10-15(11-7-12)13(16)14-8-3-4-9-14/h12H,2-11H2,1H3. The Hall–Kier alpha value is -0.730. The van der Waals surface area contributed by atoms with Gasteiger partial charge in [0.2, 0.25) is 0 Å². The quantitative estimate of drug-likeness (QED) is 0.707. The molecule has 16 heavy (non-hydrogen) atoms. The van der Waals surface area contributed by atoms with Gasteiger partial charge in [-0.25, -0.2) is 4.79 Å². The van der Waals surface area contributed by atoms with Crippen LogP contribution in [0.4, 0.5) is 4.79 Å². The van der Waals surface area contributed by atoms with Gasteiger partial charge < -0.3 is 9.80 Å². The predicted molar refractivity (Wildman–Crippen MR) is 65.4 cm³/mol. The van der Waals surface area contributed by atoms with Crippen LogP contribution in [0.25, 0.3) is 0 Å². The number of hydrogen-bond donors (Lipinski definition) is 0. The van der Waals surface area contributed by atoms with Crippen molar-refractivity contribution in [1.82, 2.24) is 9.80 Å². The van der Waals surface area contributed by atoms with Crippen molar-refractivity contribution in [1.29, 1.82) is 0 Å². The van der Waals surface area contributed by atoms with Crippen molar-refractivity contribution in [3.8, 4) is 0 Å². The Morgan fingerprint density at radius 3 is 2.19 bits per heavy atom. The van der Waals surface area contributed by atoms with E-state index in [4.69, 9.17) is 0 Å². The van der Waals surface area contributed by atoms with Crippen LogP contribution < -0.4 is 0 Å². The fourth-order valence-corrected chi connectivity index (χ4v) is 2.93. The third-order valence-corrected chi connectivity index (χ3v) is 3.96. The maximum absolute atomic E-state index is 12.1. The zero-order chi connectivity index (χ0) is 11.4. The number of rotatable bonds is 2. The molecule has 0 radical (unpaired) electrons. The van der Waals surface area contributed by atoms with Crippen LogP contribution in [-0.2, 0) is 0 Å². The molecule has 2 rings (SSSR count). The molecular formula is C13H24N2O. The summed E-state index contributed by atoms with van der Waals surface area (Å²) >= 11 is 0. The zero-order valence-electron chi connectivity index (χ0n) is 10.5. The van der Waals surface area contributed by atoms with Gasteiger partial charge in [-0.15, -0.1) is 0 Å². The van der Waals surface area contributed by atoms with Gasteiger partial charge in [0.05, 0.1) is 0 Å². The Bertz CT molecular complexity index is 228. The number of hydrogen-bond acceptors (Lipinski definition) is 1. The summed E-state index contributed by atoms with van der Waals surface area (Å²) < 4.78 is 0. The van der Waals surface area contributed by atoms with Crippen LogP contribution >= 0.6 is 0 Å². The summed E-state index contributed by atoms with van der Waals surface area (Å²) in [5.41, 5.74) is 0. The Kier molecular flexibility index (Phi) is 4.08. The second kappa shape index (κ2) is 5.55. The lowest BCUT2D eigenvalue weighted by Gasteiger charge is -2.34. The molecule has 0 unspecified atom stereocenters. The van der Waals surface area contributed by atoms with Crippen LogP contribution in [0, 0.1) is 5.92 Å². The molecule has 0 aliphatic carbocycles. The van der Waals surface area contributed by atoms with E-state index in [1.807, 2.05) is 4.90 Å². The van der Waals surface area contributed by atoms with Gasteiger partial charge in [0, 0.05) is 26.2 Å². The van der Waals surface area contributed by atoms with E-state index in [0.717, 1.165) is 32.1 Å². The first-order valence-corrected chi connectivity index (χ1v) is 6.85. The smallest absolute Gasteiger partial charge is 0.319 e. The molecule has 2 fully saturated rings. The summed E-state index contributed by atoms with van der Waals surface area (Å²) in [4.78, 5) is 16.2. The molecule has 3 heteroatoms. The molecule has 92 valence electrons. The predicted octanol–water partition coefficient (Wildman–Crippen LogP) is 2.71. The molecule has 2 aliphatic heterocycles. The van der Waals surface area contributed by atoms with Crippen molar-refractivity contribution >= 4 is 6.03 Å². The average Bonchev–Trinajstić information content (AvgIpc) is 2.83. The second-order valence-electron chi connectivity index (χ2n) is 5.20. The van der Waals surface area contributed by atoms with Crippen molar-refractivity contribution in [2.75, 3.05) is 26.2 Å². The van der Waals surface area contributed by atoms with E-state index in [1.54, 1.807) is 0 Å². The first kappa shape index (κ1) is 11.7. The van der Waals surface area contributed by atoms with Gasteiger partial charge in [-0.2, -0.15) is 0 Å². The average molecular weight is 224 g/mol. The normalized spacial score (nSPS) is 22.8. The van der Waals surface area contributed by atoms with E-state index < -0.39 is 0 Å². The van der Waals surface area contributed by atoms with Gasteiger partial charge in [-0.3, -0.25) is 0 Å². The van der Waals surface area contributed by atoms with Crippen LogP contribution in [0.3, 0.4) is 0 Å². The Morgan fingerprint density at radius 1 is 1.06 bits per heavy atom. The molecule has 0 aromatic carbocycles. The monoisotopic (exact) mass is 224 g/mol. The number of nitrogens with zero attached hydrogens (tertiary/aromatic N) is 2. The van der Waals surface area contributed by atoms with E-state index in [0.29, 0.717) is 6.03 Å². The summed E-state index contributed by atoms with van der Waals surface area (Å²) in [7, 11) is 0. The lowest BCUT2D eigenvalue weighted by atomic mass is 9.93. The third kappa shape index (κ3) is 2.69. The molecule has 0 aromatic rings. The molecular weight excluding hydrogens is 200 g/mol. The van der Waals surface area contributed by atoms with E-state index in [-0.39, 0.29) is 0 Å². The highest BCUT2D eigenvalue weighted by Crippen LogP contribution is 2.23. The SMILES string of the molecule is CCCC1CCN(C(=O)N2CCCC2)CC1. The number of amides is 2. The van der Waals surface area contributed by atoms with Gasteiger partial charge in [0.15, 0.2) is 0 Å². The van der Waals surface area contributed by atoms with Crippen molar-refractivity contribution in [3.63, 3.8) is 0 Å². The second-order valence-corrected chi connectivity index (χ2v) is 5.20. The van der Waals surface area contributed by atoms with Crippen LogP contribution in [0.5, 0.6) is 0 Å². The maximum Gasteiger partial charge on any atom is 0.319 e. The number of piperidine rings is 1. The summed E-state index contributed by atoms with van der Waals surface area (Å²) in [6.07, 6.45) is 7.44. The summed E-state index contributed by atoms with van der Waals surface area (Å²) in [5.74, 6) is 0.868. The van der Waals surface area contributed by atoms with Crippen LogP contribution in [0.1, 0.15) is 45.4 Å². The van der Waals surface area contributed by atoms with Crippen LogP contribution in [0.15, 0.2) is 0 Å². The maximum atomic E-state index is 12.1. The fourth-order valence-electron chi connectivity index (χ4n) is 2.93. The van der Waals surface area contributed by atoms with Gasteiger partial charge in [-0.1, -0.05) is 19.8 Å². The molecule has 0 N–H and O–H groups in total.